The van der Waals surface area contributed by atoms with E-state index in [1.165, 1.54) is 46.1 Å². The third-order valence-electron chi connectivity index (χ3n) is 8.42. The molecular weight excluding hydrogens is 626 g/mol. The average Bonchev–Trinajstić information content (AvgIpc) is 3.73. The Kier molecular flexibility index (Phi) is 7.28. The van der Waals surface area contributed by atoms with Gasteiger partial charge in [0.15, 0.2) is 41.0 Å². The first-order valence-electron chi connectivity index (χ1n) is 13.7. The highest BCUT2D eigenvalue weighted by atomic mass is 32.7. The normalized spacial score (nSPS) is 36.4. The van der Waals surface area contributed by atoms with Gasteiger partial charge in [0.05, 0.1) is 44.1 Å². The number of hydrogen-bond donors (Lipinski definition) is 3. The summed E-state index contributed by atoms with van der Waals surface area (Å²) in [6.07, 6.45) is -4.88. The van der Waals surface area contributed by atoms with Crippen LogP contribution in [0, 0.1) is 5.92 Å². The molecule has 2 aliphatic heterocycles. The molecule has 6 heterocycles. The lowest BCUT2D eigenvalue weighted by molar-refractivity contribution is -0.156. The molecule has 17 nitrogen and oxygen atoms in total. The number of aromatic nitrogens is 8. The van der Waals surface area contributed by atoms with E-state index in [2.05, 4.69) is 32.2 Å². The molecule has 2 bridgehead atoms. The number of ether oxygens (including phenoxy) is 2. The standard InChI is InChI=1S/C24H28FN8O9PS/c1-30-6-28-20-16(22(30)36)26-8-32(20)11-4-12-18(35)10(11)3-14(34)39-5-13-19(42-43(38,44)41-12)15(25)24(40-13)33-9-27-17-21(33)29-7-31(2)23(17)37/h6-15,18-19,24,34-35H,3-5H2,1-2H3,(H,38,44)/t10-,11+,12-,13+,14?,15+,18-,19+,24+,43?/m0/s1. The molecule has 3 aliphatic rings. The van der Waals surface area contributed by atoms with Crippen LogP contribution < -0.4 is 11.1 Å². The predicted octanol–water partition coefficient (Wildman–Crippen LogP) is -0.0220. The molecule has 4 aromatic heterocycles. The Labute approximate surface area is 251 Å². The van der Waals surface area contributed by atoms with Crippen molar-refractivity contribution in [3.8, 4) is 0 Å². The van der Waals surface area contributed by atoms with Crippen LogP contribution in [0.2, 0.25) is 0 Å². The van der Waals surface area contributed by atoms with Crippen molar-refractivity contribution in [2.45, 2.75) is 62.0 Å². The molecule has 0 spiro atoms. The minimum Gasteiger partial charge on any atom is -0.390 e. The van der Waals surface area contributed by atoms with Gasteiger partial charge in [0.25, 0.3) is 11.1 Å². The zero-order valence-electron chi connectivity index (χ0n) is 23.2. The van der Waals surface area contributed by atoms with Crippen LogP contribution in [0.4, 0.5) is 4.39 Å². The van der Waals surface area contributed by atoms with Crippen LogP contribution >= 0.6 is 19.0 Å². The molecule has 2 unspecified atom stereocenters. The molecule has 0 aromatic carbocycles. The highest BCUT2D eigenvalue weighted by Crippen LogP contribution is 2.60. The van der Waals surface area contributed by atoms with Crippen LogP contribution in [0.25, 0.3) is 22.3 Å². The van der Waals surface area contributed by atoms with Crippen molar-refractivity contribution in [1.82, 2.24) is 38.2 Å². The Bertz CT molecular complexity index is 1920. The van der Waals surface area contributed by atoms with Gasteiger partial charge >= 0.3 is 6.80 Å². The van der Waals surface area contributed by atoms with E-state index < -0.39 is 74.0 Å². The van der Waals surface area contributed by atoms with Gasteiger partial charge in [-0.15, -0.1) is 0 Å². The summed E-state index contributed by atoms with van der Waals surface area (Å²) in [6.45, 7) is -4.77. The first-order valence-corrected chi connectivity index (χ1v) is 16.4. The van der Waals surface area contributed by atoms with E-state index in [0.717, 1.165) is 0 Å². The van der Waals surface area contributed by atoms with Crippen molar-refractivity contribution in [3.63, 3.8) is 0 Å². The minimum absolute atomic E-state index is 0.00622. The van der Waals surface area contributed by atoms with Gasteiger partial charge in [0.2, 0.25) is 0 Å². The second-order valence-corrected chi connectivity index (χ2v) is 14.0. The number of halogens is 1. The van der Waals surface area contributed by atoms with Crippen molar-refractivity contribution in [2.75, 3.05) is 6.61 Å². The van der Waals surface area contributed by atoms with E-state index in [4.69, 9.17) is 18.5 Å². The van der Waals surface area contributed by atoms with Gasteiger partial charge in [0, 0.05) is 32.5 Å². The number of alkyl halides is 1. The molecule has 236 valence electrons. The molecular formula is C24H28FN8O9PS. The average molecular weight is 655 g/mol. The molecule has 44 heavy (non-hydrogen) atoms. The second-order valence-electron chi connectivity index (χ2n) is 11.1. The van der Waals surface area contributed by atoms with Crippen molar-refractivity contribution in [1.29, 1.82) is 0 Å². The van der Waals surface area contributed by atoms with E-state index >= 15 is 4.39 Å². The van der Waals surface area contributed by atoms with E-state index in [-0.39, 0.29) is 40.7 Å². The first kappa shape index (κ1) is 29.7. The fourth-order valence-corrected chi connectivity index (χ4v) is 8.08. The molecule has 10 atom stereocenters. The summed E-state index contributed by atoms with van der Waals surface area (Å²) < 4.78 is 57.9. The van der Waals surface area contributed by atoms with Crippen LogP contribution in [-0.4, -0.2) is 91.9 Å². The third-order valence-corrected chi connectivity index (χ3v) is 10.0. The lowest BCUT2D eigenvalue weighted by atomic mass is 9.96. The molecule has 0 amide bonds. The Hall–Kier alpha value is -3.03. The summed E-state index contributed by atoms with van der Waals surface area (Å²) in [5.74, 6) is -0.737. The molecule has 1 aliphatic carbocycles. The molecule has 20 heteroatoms. The minimum atomic E-state index is -4.37. The molecule has 4 aromatic rings. The number of thiol groups is 1. The summed E-state index contributed by atoms with van der Waals surface area (Å²) >= 11 is 4.11. The van der Waals surface area contributed by atoms with Crippen molar-refractivity contribution >= 4 is 41.4 Å². The summed E-state index contributed by atoms with van der Waals surface area (Å²) in [4.78, 5) is 41.8. The van der Waals surface area contributed by atoms with Gasteiger partial charge in [-0.3, -0.25) is 23.2 Å². The van der Waals surface area contributed by atoms with Crippen LogP contribution in [0.15, 0.2) is 34.9 Å². The van der Waals surface area contributed by atoms with E-state index in [9.17, 15) is 24.4 Å². The quantitative estimate of drug-likeness (QED) is 0.193. The van der Waals surface area contributed by atoms with Crippen molar-refractivity contribution in [3.05, 3.63) is 46.0 Å². The zero-order chi connectivity index (χ0) is 31.1. The number of nitrogens with zero attached hydrogens (tertiary/aromatic N) is 8. The fraction of sp³-hybridized carbons (Fsp3) is 0.583. The van der Waals surface area contributed by atoms with Gasteiger partial charge < -0.3 is 33.4 Å². The largest absolute Gasteiger partial charge is 0.390 e. The third kappa shape index (κ3) is 4.82. The number of aliphatic hydroxyl groups is 2. The monoisotopic (exact) mass is 654 g/mol. The van der Waals surface area contributed by atoms with Gasteiger partial charge in [-0.05, 0) is 6.42 Å². The lowest BCUT2D eigenvalue weighted by Gasteiger charge is -2.29. The molecule has 2 saturated heterocycles. The summed E-state index contributed by atoms with van der Waals surface area (Å²) in [7, 11) is 3.04. The zero-order valence-corrected chi connectivity index (χ0v) is 25.0. The predicted molar refractivity (Wildman–Crippen MR) is 150 cm³/mol. The first-order chi connectivity index (χ1) is 20.9. The second kappa shape index (κ2) is 10.8. The van der Waals surface area contributed by atoms with Crippen molar-refractivity contribution < 1.29 is 37.7 Å². The number of fused-ring (bicyclic) bond motifs is 5. The molecule has 7 rings (SSSR count). The van der Waals surface area contributed by atoms with Crippen LogP contribution in [0.3, 0.4) is 0 Å². The number of imidazole rings is 2. The Morgan fingerprint density at radius 2 is 1.52 bits per heavy atom. The number of aryl methyl sites for hydroxylation is 2. The van der Waals surface area contributed by atoms with Gasteiger partial charge in [0.1, 0.15) is 12.2 Å². The number of aliphatic hydroxyl groups excluding tert-OH is 2. The molecule has 3 fully saturated rings. The van der Waals surface area contributed by atoms with Gasteiger partial charge in [-0.25, -0.2) is 28.9 Å². The van der Waals surface area contributed by atoms with Crippen LogP contribution in [0.1, 0.15) is 25.1 Å². The van der Waals surface area contributed by atoms with Crippen molar-refractivity contribution in [2.24, 2.45) is 20.0 Å². The Morgan fingerprint density at radius 3 is 2.18 bits per heavy atom. The van der Waals surface area contributed by atoms with Gasteiger partial charge in [-0.1, -0.05) is 12.2 Å². The van der Waals surface area contributed by atoms with Crippen LogP contribution in [-0.2, 0) is 37.2 Å². The molecule has 0 radical (unpaired) electrons. The summed E-state index contributed by atoms with van der Waals surface area (Å²) in [6, 6.07) is -0.615. The maximum atomic E-state index is 16.1. The van der Waals surface area contributed by atoms with E-state index in [1.807, 2.05) is 0 Å². The van der Waals surface area contributed by atoms with Crippen LogP contribution in [0.5, 0.6) is 0 Å². The topological polar surface area (TPSA) is 200 Å². The Morgan fingerprint density at radius 1 is 0.909 bits per heavy atom. The maximum Gasteiger partial charge on any atom is 0.386 e. The molecule has 1 saturated carbocycles. The Balaban J connectivity index is 1.19. The number of rotatable bonds is 2. The SMILES string of the molecule is Cn1cnc2c(ncn2[C@@H]2C[C@@H]3OP(=O)(S)O[C@H]4[C@@H](F)[C@H](n5cnc6c(=O)n(C)cnc65)O[C@@H]4COC(O)C[C@@H]2[C@@H]3O)c1=O. The molecule has 2 N–H and O–H groups in total. The highest BCUT2D eigenvalue weighted by Gasteiger charge is 2.53. The highest BCUT2D eigenvalue weighted by molar-refractivity contribution is 8.44. The summed E-state index contributed by atoms with van der Waals surface area (Å²) in [5, 5.41) is 22.2. The maximum absolute atomic E-state index is 16.1. The fourth-order valence-electron chi connectivity index (χ4n) is 6.23. The lowest BCUT2D eigenvalue weighted by Crippen LogP contribution is -2.38. The summed E-state index contributed by atoms with van der Waals surface area (Å²) in [5.41, 5.74) is -0.386. The smallest absolute Gasteiger partial charge is 0.386 e. The van der Waals surface area contributed by atoms with Gasteiger partial charge in [-0.2, -0.15) is 0 Å². The van der Waals surface area contributed by atoms with E-state index in [1.54, 1.807) is 11.6 Å². The number of hydrogen-bond acceptors (Lipinski definition) is 13. The van der Waals surface area contributed by atoms with E-state index in [0.29, 0.717) is 0 Å².